The van der Waals surface area contributed by atoms with E-state index in [1.54, 1.807) is 12.1 Å². The average Bonchev–Trinajstić information content (AvgIpc) is 2.40. The molecule has 110 valence electrons. The number of aryl methyl sites for hydroxylation is 3. The van der Waals surface area contributed by atoms with Crippen molar-refractivity contribution in [3.63, 3.8) is 0 Å². The number of carbonyl (C=O) groups excluding carboxylic acids is 1. The molecule has 0 spiro atoms. The van der Waals surface area contributed by atoms with E-state index in [-0.39, 0.29) is 12.5 Å². The Hall–Kier alpha value is -2.00. The predicted molar refractivity (Wildman–Crippen MR) is 86.2 cm³/mol. The van der Waals surface area contributed by atoms with E-state index in [1.807, 2.05) is 45.0 Å². The molecule has 0 saturated carbocycles. The van der Waals surface area contributed by atoms with Gasteiger partial charge in [0.2, 0.25) is 0 Å². The smallest absolute Gasteiger partial charge is 0.262 e. The molecule has 0 aromatic heterocycles. The molecule has 2 aromatic carbocycles. The Kier molecular flexibility index (Phi) is 4.86. The maximum Gasteiger partial charge on any atom is 0.262 e. The summed E-state index contributed by atoms with van der Waals surface area (Å²) in [6.45, 7) is 5.94. The summed E-state index contributed by atoms with van der Waals surface area (Å²) >= 11 is 6.00. The minimum absolute atomic E-state index is 0.0457. The lowest BCUT2D eigenvalue weighted by Gasteiger charge is -2.13. The quantitative estimate of drug-likeness (QED) is 0.915. The highest BCUT2D eigenvalue weighted by Gasteiger charge is 2.09. The summed E-state index contributed by atoms with van der Waals surface area (Å²) in [5, 5.41) is 3.24. The third kappa shape index (κ3) is 3.99. The Bertz CT molecular complexity index is 645. The van der Waals surface area contributed by atoms with Gasteiger partial charge >= 0.3 is 0 Å². The summed E-state index contributed by atoms with van der Waals surface area (Å²) in [5.41, 5.74) is 3.82. The Morgan fingerprint density at radius 3 is 2.38 bits per heavy atom. The van der Waals surface area contributed by atoms with E-state index >= 15 is 0 Å². The predicted octanol–water partition coefficient (Wildman–Crippen LogP) is 4.28. The second-order valence-corrected chi connectivity index (χ2v) is 5.45. The van der Waals surface area contributed by atoms with Gasteiger partial charge in [0.25, 0.3) is 5.91 Å². The Labute approximate surface area is 129 Å². The maximum absolute atomic E-state index is 11.9. The van der Waals surface area contributed by atoms with Gasteiger partial charge in [-0.15, -0.1) is 0 Å². The monoisotopic (exact) mass is 303 g/mol. The lowest BCUT2D eigenvalue weighted by molar-refractivity contribution is -0.118. The lowest BCUT2D eigenvalue weighted by atomic mass is 10.1. The molecule has 1 N–H and O–H groups in total. The number of carbonyl (C=O) groups is 1. The zero-order chi connectivity index (χ0) is 15.4. The third-order valence-electron chi connectivity index (χ3n) is 3.10. The summed E-state index contributed by atoms with van der Waals surface area (Å²) in [4.78, 5) is 11.9. The van der Waals surface area contributed by atoms with Crippen molar-refractivity contribution < 1.29 is 9.53 Å². The normalized spacial score (nSPS) is 10.3. The van der Waals surface area contributed by atoms with E-state index in [0.717, 1.165) is 16.9 Å². The molecule has 0 aliphatic carbocycles. The van der Waals surface area contributed by atoms with Gasteiger partial charge < -0.3 is 10.1 Å². The first-order valence-electron chi connectivity index (χ1n) is 6.72. The van der Waals surface area contributed by atoms with Crippen LogP contribution in [0.4, 0.5) is 5.69 Å². The zero-order valence-corrected chi connectivity index (χ0v) is 13.1. The van der Waals surface area contributed by atoms with E-state index in [2.05, 4.69) is 5.32 Å². The fraction of sp³-hybridized carbons (Fsp3) is 0.235. The minimum Gasteiger partial charge on any atom is -0.483 e. The molecule has 0 fully saturated rings. The van der Waals surface area contributed by atoms with Crippen LogP contribution >= 0.6 is 11.6 Å². The third-order valence-corrected chi connectivity index (χ3v) is 3.43. The van der Waals surface area contributed by atoms with Crippen molar-refractivity contribution in [2.45, 2.75) is 20.8 Å². The van der Waals surface area contributed by atoms with Crippen LogP contribution in [0.5, 0.6) is 5.75 Å². The van der Waals surface area contributed by atoms with Gasteiger partial charge in [-0.25, -0.2) is 0 Å². The van der Waals surface area contributed by atoms with Crippen molar-refractivity contribution in [1.29, 1.82) is 0 Å². The Morgan fingerprint density at radius 1 is 1.14 bits per heavy atom. The van der Waals surface area contributed by atoms with E-state index in [9.17, 15) is 4.79 Å². The molecule has 2 aromatic rings. The van der Waals surface area contributed by atoms with Crippen molar-refractivity contribution in [3.05, 3.63) is 58.1 Å². The highest BCUT2D eigenvalue weighted by molar-refractivity contribution is 6.33. The van der Waals surface area contributed by atoms with E-state index in [1.165, 1.54) is 5.56 Å². The van der Waals surface area contributed by atoms with Gasteiger partial charge in [-0.1, -0.05) is 41.4 Å². The number of rotatable bonds is 4. The molecular formula is C17H18ClNO2. The second kappa shape index (κ2) is 6.64. The van der Waals surface area contributed by atoms with Crippen molar-refractivity contribution in [3.8, 4) is 5.75 Å². The van der Waals surface area contributed by atoms with Crippen LogP contribution in [0.1, 0.15) is 16.7 Å². The van der Waals surface area contributed by atoms with Gasteiger partial charge in [0, 0.05) is 0 Å². The number of halogens is 1. The first kappa shape index (κ1) is 15.4. The number of benzene rings is 2. The van der Waals surface area contributed by atoms with Gasteiger partial charge in [0.1, 0.15) is 5.75 Å². The first-order valence-corrected chi connectivity index (χ1v) is 7.10. The summed E-state index contributed by atoms with van der Waals surface area (Å²) < 4.78 is 5.64. The molecule has 4 heteroatoms. The fourth-order valence-corrected chi connectivity index (χ4v) is 2.46. The molecule has 0 bridgehead atoms. The molecule has 0 aliphatic heterocycles. The van der Waals surface area contributed by atoms with Crippen LogP contribution in [-0.2, 0) is 4.79 Å². The summed E-state index contributed by atoms with van der Waals surface area (Å²) in [6.07, 6.45) is 0. The molecule has 0 heterocycles. The first-order chi connectivity index (χ1) is 9.97. The second-order valence-electron chi connectivity index (χ2n) is 5.04. The molecule has 0 unspecified atom stereocenters. The van der Waals surface area contributed by atoms with Gasteiger partial charge in [0.15, 0.2) is 6.61 Å². The number of para-hydroxylation sites is 1. The van der Waals surface area contributed by atoms with E-state index < -0.39 is 0 Å². The van der Waals surface area contributed by atoms with Gasteiger partial charge in [0.05, 0.1) is 10.7 Å². The van der Waals surface area contributed by atoms with Crippen LogP contribution in [0.15, 0.2) is 36.4 Å². The van der Waals surface area contributed by atoms with Crippen LogP contribution < -0.4 is 10.1 Å². The van der Waals surface area contributed by atoms with Crippen molar-refractivity contribution in [2.24, 2.45) is 0 Å². The lowest BCUT2D eigenvalue weighted by Crippen LogP contribution is -2.20. The summed E-state index contributed by atoms with van der Waals surface area (Å²) in [5.74, 6) is 0.525. The molecule has 0 aliphatic rings. The van der Waals surface area contributed by atoms with Crippen molar-refractivity contribution in [1.82, 2.24) is 0 Å². The molecule has 21 heavy (non-hydrogen) atoms. The van der Waals surface area contributed by atoms with E-state index in [0.29, 0.717) is 10.7 Å². The molecule has 3 nitrogen and oxygen atoms in total. The van der Waals surface area contributed by atoms with Crippen LogP contribution in [0.2, 0.25) is 5.02 Å². The highest BCUT2D eigenvalue weighted by Crippen LogP contribution is 2.25. The summed E-state index contributed by atoms with van der Waals surface area (Å²) in [7, 11) is 0. The molecule has 0 saturated heterocycles. The number of ether oxygens (including phenoxy) is 1. The number of nitrogens with one attached hydrogen (secondary N) is 1. The number of amides is 1. The fourth-order valence-electron chi connectivity index (χ4n) is 2.28. The molecule has 0 atom stereocenters. The zero-order valence-electron chi connectivity index (χ0n) is 12.4. The van der Waals surface area contributed by atoms with Crippen molar-refractivity contribution in [2.75, 3.05) is 11.9 Å². The van der Waals surface area contributed by atoms with Gasteiger partial charge in [-0.05, 0) is 44.0 Å². The molecule has 0 radical (unpaired) electrons. The highest BCUT2D eigenvalue weighted by atomic mass is 35.5. The van der Waals surface area contributed by atoms with Crippen LogP contribution in [0.25, 0.3) is 0 Å². The van der Waals surface area contributed by atoms with E-state index in [4.69, 9.17) is 16.3 Å². The van der Waals surface area contributed by atoms with Gasteiger partial charge in [-0.3, -0.25) is 4.79 Å². The largest absolute Gasteiger partial charge is 0.483 e. The number of hydrogen-bond acceptors (Lipinski definition) is 2. The SMILES string of the molecule is Cc1cc(C)c(OCC(=O)Nc2ccccc2Cl)c(C)c1. The topological polar surface area (TPSA) is 38.3 Å². The average molecular weight is 304 g/mol. The maximum atomic E-state index is 11.9. The van der Waals surface area contributed by atoms with Crippen LogP contribution in [-0.4, -0.2) is 12.5 Å². The van der Waals surface area contributed by atoms with Crippen LogP contribution in [0, 0.1) is 20.8 Å². The molecule has 2 rings (SSSR count). The Balaban J connectivity index is 2.01. The number of hydrogen-bond donors (Lipinski definition) is 1. The van der Waals surface area contributed by atoms with Crippen LogP contribution in [0.3, 0.4) is 0 Å². The standard InChI is InChI=1S/C17H18ClNO2/c1-11-8-12(2)17(13(3)9-11)21-10-16(20)19-15-7-5-4-6-14(15)18/h4-9H,10H2,1-3H3,(H,19,20). The molecular weight excluding hydrogens is 286 g/mol. The minimum atomic E-state index is -0.234. The Morgan fingerprint density at radius 2 is 1.76 bits per heavy atom. The van der Waals surface area contributed by atoms with Crippen molar-refractivity contribution >= 4 is 23.2 Å². The molecule has 1 amide bonds. The number of anilines is 1. The van der Waals surface area contributed by atoms with Gasteiger partial charge in [-0.2, -0.15) is 0 Å². The summed E-state index contributed by atoms with van der Waals surface area (Å²) in [6, 6.07) is 11.2.